The molecule has 2 aliphatic carbocycles. The van der Waals surface area contributed by atoms with Gasteiger partial charge >= 0.3 is 12.4 Å². The van der Waals surface area contributed by atoms with Gasteiger partial charge in [-0.1, -0.05) is 23.2 Å². The molecular weight excluding hydrogens is 977 g/mol. The number of carbonyl (C=O) groups excluding carboxylic acids is 2. The maximum Gasteiger partial charge on any atom is 0.395 e. The van der Waals surface area contributed by atoms with Crippen LogP contribution in [0.4, 0.5) is 26.3 Å². The molecule has 30 heteroatoms. The van der Waals surface area contributed by atoms with Crippen LogP contribution in [0.5, 0.6) is 11.8 Å². The molecule has 0 saturated heterocycles. The Morgan fingerprint density at radius 2 is 1.18 bits per heavy atom. The van der Waals surface area contributed by atoms with Crippen molar-refractivity contribution in [1.82, 2.24) is 58.5 Å². The lowest BCUT2D eigenvalue weighted by molar-refractivity contribution is -0.154. The second-order valence-electron chi connectivity index (χ2n) is 14.9. The first kappa shape index (κ1) is 46.3. The van der Waals surface area contributed by atoms with Crippen molar-refractivity contribution < 1.29 is 62.2 Å². The van der Waals surface area contributed by atoms with E-state index in [1.165, 1.54) is 60.0 Å². The molecule has 2 saturated carbocycles. The zero-order valence-corrected chi connectivity index (χ0v) is 36.6. The largest absolute Gasteiger partial charge is 0.473 e. The predicted octanol–water partition coefficient (Wildman–Crippen LogP) is 4.53. The summed E-state index contributed by atoms with van der Waals surface area (Å²) in [6, 6.07) is 7.47. The fourth-order valence-corrected chi connectivity index (χ4v) is 9.35. The van der Waals surface area contributed by atoms with Crippen LogP contribution in [-0.2, 0) is 40.1 Å². The summed E-state index contributed by atoms with van der Waals surface area (Å²) in [4.78, 5) is 33.6. The van der Waals surface area contributed by atoms with E-state index in [0.29, 0.717) is 0 Å². The number of pyridine rings is 2. The van der Waals surface area contributed by atoms with Crippen molar-refractivity contribution in [2.45, 2.75) is 67.1 Å². The first-order valence-electron chi connectivity index (χ1n) is 19.0. The maximum atomic E-state index is 13.5. The zero-order valence-electron chi connectivity index (χ0n) is 33.5. The van der Waals surface area contributed by atoms with Gasteiger partial charge in [0.05, 0.1) is 34.4 Å². The molecule has 0 radical (unpaired) electrons. The molecule has 6 heterocycles. The number of amides is 2. The molecule has 20 nitrogen and oxygen atoms in total. The molecule has 8 rings (SSSR count). The monoisotopic (exact) mass is 1010 g/mol. The molecule has 2 N–H and O–H groups in total. The molecule has 4 atom stereocenters. The first-order valence-corrected chi connectivity index (χ1v) is 22.7. The molecule has 2 fully saturated rings. The summed E-state index contributed by atoms with van der Waals surface area (Å²) in [5, 5.41) is 15.5. The molecule has 6 aromatic rings. The number of sulfonamides is 2. The van der Waals surface area contributed by atoms with Crippen LogP contribution < -0.4 is 18.9 Å². The summed E-state index contributed by atoms with van der Waals surface area (Å²) in [6.07, 6.45) is -6.60. The Kier molecular flexibility index (Phi) is 11.8. The van der Waals surface area contributed by atoms with Crippen LogP contribution in [0.3, 0.4) is 0 Å². The van der Waals surface area contributed by atoms with Gasteiger partial charge in [0.25, 0.3) is 31.9 Å². The number of hydrogen-bond donors (Lipinski definition) is 2. The lowest BCUT2D eigenvalue weighted by Gasteiger charge is -2.09. The Morgan fingerprint density at radius 1 is 0.712 bits per heavy atom. The van der Waals surface area contributed by atoms with Crippen LogP contribution in [0.25, 0.3) is 11.6 Å². The van der Waals surface area contributed by atoms with Crippen LogP contribution in [0, 0.1) is 18.8 Å². The highest BCUT2D eigenvalue weighted by atomic mass is 35.5. The Bertz CT molecular complexity index is 3120. The second-order valence-corrected chi connectivity index (χ2v) is 18.9. The van der Waals surface area contributed by atoms with Gasteiger partial charge in [0.1, 0.15) is 32.3 Å². The molecule has 2 amide bonds. The lowest BCUT2D eigenvalue weighted by Crippen LogP contribution is -2.31. The fraction of sp³-hybridized carbons (Fsp3) is 0.333. The van der Waals surface area contributed by atoms with E-state index in [1.807, 2.05) is 9.44 Å². The number of carbonyl (C=O) groups is 2. The molecule has 2 aliphatic rings. The highest BCUT2D eigenvalue weighted by molar-refractivity contribution is 7.90. The molecular formula is C36H30Cl2F6N12O8S2. The minimum Gasteiger partial charge on any atom is -0.473 e. The van der Waals surface area contributed by atoms with Crippen molar-refractivity contribution in [3.8, 4) is 23.4 Å². The highest BCUT2D eigenvalue weighted by Gasteiger charge is 2.58. The summed E-state index contributed by atoms with van der Waals surface area (Å²) < 4.78 is 150. The summed E-state index contributed by atoms with van der Waals surface area (Å²) >= 11 is 12.5. The molecule has 6 aromatic heterocycles. The number of rotatable bonds is 15. The number of alkyl halides is 6. The van der Waals surface area contributed by atoms with E-state index in [4.69, 9.17) is 32.7 Å². The number of aromatic nitrogens is 10. The van der Waals surface area contributed by atoms with E-state index < -0.39 is 88.4 Å². The normalized spacial score (nSPS) is 18.5. The van der Waals surface area contributed by atoms with Crippen LogP contribution in [-0.4, -0.2) is 102 Å². The molecule has 0 bridgehead atoms. The van der Waals surface area contributed by atoms with Crippen LogP contribution in [0.1, 0.15) is 44.9 Å². The average molecular weight is 1010 g/mol. The lowest BCUT2D eigenvalue weighted by atomic mass is 10.3. The van der Waals surface area contributed by atoms with Gasteiger partial charge in [-0.3, -0.25) is 19.0 Å². The molecule has 350 valence electrons. The number of nitrogens with zero attached hydrogens (tertiary/aromatic N) is 10. The Morgan fingerprint density at radius 3 is 1.62 bits per heavy atom. The minimum atomic E-state index is -4.63. The standard InChI is InChI=1S/C36H30Cl2F6N12O8S2/c1-17-25(65(59,60)51-33(57)18-3-5-27(45-31(18)37)55-11-8-29(49-55)63-23-13-20(23)35(39,40)41)16-54(47-17)10-7-22-26(15-53(2)48-22)66(61,62)52-34(58)19-4-6-28(46-32(19)38)56-12-9-30(50-56)64-24-14-21(24)36(42,43)44/h3-6,8-9,11-12,15-16,20-21,23-24H,7,10,13-14H2,1-2H3,(H,51,57)(H,52,58)/t20-,21+,23+,24-/m0/s1. The number of ether oxygens (including phenoxy) is 2. The fourth-order valence-electron chi connectivity index (χ4n) is 6.51. The number of aryl methyl sites for hydroxylation is 4. The maximum absolute atomic E-state index is 13.5. The van der Waals surface area contributed by atoms with E-state index in [9.17, 15) is 52.8 Å². The molecule has 0 aromatic carbocycles. The van der Waals surface area contributed by atoms with Gasteiger partial charge in [-0.05, 0) is 44.0 Å². The van der Waals surface area contributed by atoms with Gasteiger partial charge in [-0.15, -0.1) is 10.2 Å². The highest BCUT2D eigenvalue weighted by Crippen LogP contribution is 2.47. The SMILES string of the molecule is Cc1nn(CCc2nn(C)cc2S(=O)(=O)NC(=O)c2ccc(-n3ccc(O[C@H]4C[C@H]4C(F)(F)F)n3)nc2Cl)cc1S(=O)(=O)NC(=O)c1ccc(-n2ccc(O[C@@H]3C[C@@H]3C(F)(F)F)n2)nc1Cl. The number of hydrogen-bond acceptors (Lipinski definition) is 14. The van der Waals surface area contributed by atoms with Crippen molar-refractivity contribution in [1.29, 1.82) is 0 Å². The van der Waals surface area contributed by atoms with E-state index in [1.54, 1.807) is 0 Å². The first-order chi connectivity index (χ1) is 30.9. The third-order valence-corrected chi connectivity index (χ3v) is 13.4. The van der Waals surface area contributed by atoms with E-state index in [2.05, 4.69) is 30.4 Å². The smallest absolute Gasteiger partial charge is 0.395 e. The van der Waals surface area contributed by atoms with Crippen molar-refractivity contribution in [3.05, 3.63) is 94.0 Å². The van der Waals surface area contributed by atoms with Gasteiger partial charge in [0.2, 0.25) is 11.8 Å². The third kappa shape index (κ3) is 9.94. The predicted molar refractivity (Wildman–Crippen MR) is 213 cm³/mol. The Hall–Kier alpha value is -6.26. The van der Waals surface area contributed by atoms with E-state index in [-0.39, 0.29) is 71.7 Å². The molecule has 0 aliphatic heterocycles. The van der Waals surface area contributed by atoms with Gasteiger partial charge in [0, 0.05) is 56.9 Å². The number of halogens is 8. The topological polar surface area (TPSA) is 242 Å². The minimum absolute atomic E-state index is 0.0346. The van der Waals surface area contributed by atoms with Crippen molar-refractivity contribution in [2.75, 3.05) is 0 Å². The van der Waals surface area contributed by atoms with Crippen LogP contribution >= 0.6 is 23.2 Å². The Balaban J connectivity index is 0.878. The molecule has 0 unspecified atom stereocenters. The van der Waals surface area contributed by atoms with E-state index in [0.717, 1.165) is 33.9 Å². The summed E-state index contributed by atoms with van der Waals surface area (Å²) in [5.74, 6) is -5.65. The molecule has 66 heavy (non-hydrogen) atoms. The summed E-state index contributed by atoms with van der Waals surface area (Å²) in [7, 11) is -7.81. The average Bonchev–Trinajstić information content (AvgIpc) is 3.88. The molecule has 0 spiro atoms. The van der Waals surface area contributed by atoms with Crippen LogP contribution in [0.15, 0.2) is 71.0 Å². The van der Waals surface area contributed by atoms with Gasteiger partial charge in [-0.2, -0.15) is 36.5 Å². The van der Waals surface area contributed by atoms with Gasteiger partial charge < -0.3 is 9.47 Å². The quantitative estimate of drug-likeness (QED) is 0.106. The van der Waals surface area contributed by atoms with Crippen LogP contribution in [0.2, 0.25) is 10.3 Å². The van der Waals surface area contributed by atoms with Crippen molar-refractivity contribution >= 4 is 55.1 Å². The van der Waals surface area contributed by atoms with Crippen molar-refractivity contribution in [2.24, 2.45) is 18.9 Å². The van der Waals surface area contributed by atoms with Crippen molar-refractivity contribution in [3.63, 3.8) is 0 Å². The van der Waals surface area contributed by atoms with E-state index >= 15 is 0 Å². The van der Waals surface area contributed by atoms with Gasteiger partial charge in [-0.25, -0.2) is 45.6 Å². The summed E-state index contributed by atoms with van der Waals surface area (Å²) in [6.45, 7) is 1.21. The summed E-state index contributed by atoms with van der Waals surface area (Å²) in [5.41, 5.74) is -0.802. The zero-order chi connectivity index (χ0) is 47.7. The third-order valence-electron chi connectivity index (χ3n) is 9.98. The van der Waals surface area contributed by atoms with Gasteiger partial charge in [0.15, 0.2) is 11.6 Å². The second kappa shape index (κ2) is 16.9. The number of nitrogens with one attached hydrogen (secondary N) is 2. The Labute approximate surface area is 377 Å².